The van der Waals surface area contributed by atoms with Crippen LogP contribution in [-0.2, 0) is 11.2 Å². The van der Waals surface area contributed by atoms with Crippen LogP contribution in [0.3, 0.4) is 0 Å². The summed E-state index contributed by atoms with van der Waals surface area (Å²) < 4.78 is 16.2. The van der Waals surface area contributed by atoms with Crippen LogP contribution in [0, 0.1) is 0 Å². The summed E-state index contributed by atoms with van der Waals surface area (Å²) in [6.45, 7) is 1.05. The van der Waals surface area contributed by atoms with E-state index >= 15 is 0 Å². The molecule has 0 unspecified atom stereocenters. The van der Waals surface area contributed by atoms with Gasteiger partial charge in [-0.3, -0.25) is 4.79 Å². The highest BCUT2D eigenvalue weighted by molar-refractivity contribution is 7.13. The van der Waals surface area contributed by atoms with Gasteiger partial charge in [-0.1, -0.05) is 0 Å². The number of anilines is 1. The molecular formula is C20H18N2O4S. The van der Waals surface area contributed by atoms with Crippen molar-refractivity contribution in [1.82, 2.24) is 4.98 Å². The van der Waals surface area contributed by atoms with E-state index in [0.29, 0.717) is 30.4 Å². The summed E-state index contributed by atoms with van der Waals surface area (Å²) in [6, 6.07) is 13.1. The maximum absolute atomic E-state index is 12.3. The maximum Gasteiger partial charge on any atom is 0.230 e. The zero-order chi connectivity index (χ0) is 18.6. The lowest BCUT2D eigenvalue weighted by atomic mass is 10.2. The Morgan fingerprint density at radius 1 is 1.15 bits per heavy atom. The molecule has 3 aromatic rings. The van der Waals surface area contributed by atoms with Gasteiger partial charge >= 0.3 is 0 Å². The standard InChI is InChI=1S/C20H18N2O4S/c1-24-16-5-2-13(3-6-16)20-22-15(12-27-20)11-19(23)21-14-4-7-17-18(10-14)26-9-8-25-17/h2-7,10,12H,8-9,11H2,1H3,(H,21,23). The van der Waals surface area contributed by atoms with Crippen LogP contribution in [0.2, 0.25) is 0 Å². The smallest absolute Gasteiger partial charge is 0.230 e. The lowest BCUT2D eigenvalue weighted by Gasteiger charge is -2.18. The minimum Gasteiger partial charge on any atom is -0.497 e. The van der Waals surface area contributed by atoms with Crippen LogP contribution >= 0.6 is 11.3 Å². The predicted octanol–water partition coefficient (Wildman–Crippen LogP) is 3.77. The fourth-order valence-electron chi connectivity index (χ4n) is 2.75. The number of hydrogen-bond acceptors (Lipinski definition) is 6. The minimum atomic E-state index is -0.127. The number of nitrogens with zero attached hydrogens (tertiary/aromatic N) is 1. The Morgan fingerprint density at radius 2 is 1.93 bits per heavy atom. The number of ether oxygens (including phenoxy) is 3. The average Bonchev–Trinajstić information content (AvgIpc) is 3.16. The third-order valence-corrected chi connectivity index (χ3v) is 5.00. The zero-order valence-electron chi connectivity index (χ0n) is 14.7. The average molecular weight is 382 g/mol. The summed E-state index contributed by atoms with van der Waals surface area (Å²) in [7, 11) is 1.64. The van der Waals surface area contributed by atoms with Gasteiger partial charge in [0.05, 0.1) is 19.2 Å². The molecule has 2 heterocycles. The Labute approximate surface area is 160 Å². The molecule has 0 saturated heterocycles. The highest BCUT2D eigenvalue weighted by atomic mass is 32.1. The topological polar surface area (TPSA) is 69.7 Å². The number of hydrogen-bond donors (Lipinski definition) is 1. The largest absolute Gasteiger partial charge is 0.497 e. The molecule has 0 spiro atoms. The summed E-state index contributed by atoms with van der Waals surface area (Å²) in [5, 5.41) is 5.66. The molecule has 1 N–H and O–H groups in total. The summed E-state index contributed by atoms with van der Waals surface area (Å²) >= 11 is 1.51. The molecule has 1 aromatic heterocycles. The van der Waals surface area contributed by atoms with Crippen LogP contribution in [0.4, 0.5) is 5.69 Å². The van der Waals surface area contributed by atoms with E-state index in [1.807, 2.05) is 29.6 Å². The molecule has 2 aromatic carbocycles. The molecule has 7 heteroatoms. The first-order chi connectivity index (χ1) is 13.2. The third-order valence-electron chi connectivity index (χ3n) is 4.06. The van der Waals surface area contributed by atoms with Crippen molar-refractivity contribution >= 4 is 22.9 Å². The van der Waals surface area contributed by atoms with Crippen molar-refractivity contribution in [2.24, 2.45) is 0 Å². The van der Waals surface area contributed by atoms with E-state index in [4.69, 9.17) is 14.2 Å². The maximum atomic E-state index is 12.3. The van der Waals surface area contributed by atoms with E-state index in [2.05, 4.69) is 10.3 Å². The number of benzene rings is 2. The molecule has 0 saturated carbocycles. The van der Waals surface area contributed by atoms with Gasteiger partial charge in [0.25, 0.3) is 0 Å². The summed E-state index contributed by atoms with van der Waals surface area (Å²) in [5.74, 6) is 2.02. The number of aromatic nitrogens is 1. The fourth-order valence-corrected chi connectivity index (χ4v) is 3.57. The molecule has 0 bridgehead atoms. The van der Waals surface area contributed by atoms with Crippen molar-refractivity contribution in [1.29, 1.82) is 0 Å². The van der Waals surface area contributed by atoms with Gasteiger partial charge in [0.2, 0.25) is 5.91 Å². The number of rotatable bonds is 5. The molecule has 0 atom stereocenters. The van der Waals surface area contributed by atoms with Gasteiger partial charge in [-0.25, -0.2) is 4.98 Å². The number of methoxy groups -OCH3 is 1. The summed E-state index contributed by atoms with van der Waals surface area (Å²) in [4.78, 5) is 16.9. The highest BCUT2D eigenvalue weighted by Crippen LogP contribution is 2.32. The Bertz CT molecular complexity index is 953. The number of thiazole rings is 1. The molecule has 0 radical (unpaired) electrons. The first-order valence-corrected chi connectivity index (χ1v) is 9.37. The van der Waals surface area contributed by atoms with E-state index in [1.54, 1.807) is 25.3 Å². The second kappa shape index (κ2) is 7.67. The quantitative estimate of drug-likeness (QED) is 0.727. The van der Waals surface area contributed by atoms with Crippen molar-refractivity contribution < 1.29 is 19.0 Å². The molecule has 27 heavy (non-hydrogen) atoms. The highest BCUT2D eigenvalue weighted by Gasteiger charge is 2.14. The van der Waals surface area contributed by atoms with Gasteiger partial charge < -0.3 is 19.5 Å². The van der Waals surface area contributed by atoms with E-state index in [1.165, 1.54) is 11.3 Å². The number of carbonyl (C=O) groups is 1. The molecule has 138 valence electrons. The zero-order valence-corrected chi connectivity index (χ0v) is 15.5. The van der Waals surface area contributed by atoms with Gasteiger partial charge in [-0.2, -0.15) is 0 Å². The minimum absolute atomic E-state index is 0.127. The lowest BCUT2D eigenvalue weighted by molar-refractivity contribution is -0.115. The van der Waals surface area contributed by atoms with Crippen molar-refractivity contribution in [3.05, 3.63) is 53.5 Å². The predicted molar refractivity (Wildman–Crippen MR) is 104 cm³/mol. The number of amides is 1. The van der Waals surface area contributed by atoms with Crippen molar-refractivity contribution in [2.45, 2.75) is 6.42 Å². The van der Waals surface area contributed by atoms with Crippen LogP contribution < -0.4 is 19.5 Å². The van der Waals surface area contributed by atoms with E-state index < -0.39 is 0 Å². The molecule has 4 rings (SSSR count). The molecule has 1 aliphatic rings. The van der Waals surface area contributed by atoms with Gasteiger partial charge in [0, 0.05) is 22.7 Å². The lowest BCUT2D eigenvalue weighted by Crippen LogP contribution is -2.17. The Kier molecular flexibility index (Phi) is 4.93. The van der Waals surface area contributed by atoms with E-state index in [-0.39, 0.29) is 12.3 Å². The third kappa shape index (κ3) is 4.03. The Balaban J connectivity index is 1.40. The number of fused-ring (bicyclic) bond motifs is 1. The second-order valence-electron chi connectivity index (χ2n) is 5.96. The molecule has 6 nitrogen and oxygen atoms in total. The van der Waals surface area contributed by atoms with Crippen LogP contribution in [0.15, 0.2) is 47.8 Å². The van der Waals surface area contributed by atoms with Gasteiger partial charge in [0.1, 0.15) is 24.0 Å². The number of carbonyl (C=O) groups excluding carboxylic acids is 1. The molecule has 1 aliphatic heterocycles. The van der Waals surface area contributed by atoms with Crippen molar-refractivity contribution in [3.63, 3.8) is 0 Å². The number of nitrogens with one attached hydrogen (secondary N) is 1. The summed E-state index contributed by atoms with van der Waals surface area (Å²) in [6.07, 6.45) is 0.209. The van der Waals surface area contributed by atoms with Gasteiger partial charge in [-0.05, 0) is 36.4 Å². The van der Waals surface area contributed by atoms with Crippen molar-refractivity contribution in [3.8, 4) is 27.8 Å². The first-order valence-electron chi connectivity index (χ1n) is 8.49. The van der Waals surface area contributed by atoms with Crippen LogP contribution in [-0.4, -0.2) is 31.2 Å². The molecule has 0 aliphatic carbocycles. The van der Waals surface area contributed by atoms with Gasteiger partial charge in [0.15, 0.2) is 11.5 Å². The second-order valence-corrected chi connectivity index (χ2v) is 6.81. The summed E-state index contributed by atoms with van der Waals surface area (Å²) in [5.41, 5.74) is 2.41. The Hall–Kier alpha value is -3.06. The monoisotopic (exact) mass is 382 g/mol. The normalized spacial score (nSPS) is 12.5. The van der Waals surface area contributed by atoms with Crippen LogP contribution in [0.1, 0.15) is 5.69 Å². The molecule has 0 fully saturated rings. The van der Waals surface area contributed by atoms with E-state index in [9.17, 15) is 4.79 Å². The fraction of sp³-hybridized carbons (Fsp3) is 0.200. The Morgan fingerprint density at radius 3 is 2.70 bits per heavy atom. The van der Waals surface area contributed by atoms with Crippen LogP contribution in [0.5, 0.6) is 17.2 Å². The van der Waals surface area contributed by atoms with E-state index in [0.717, 1.165) is 22.0 Å². The first kappa shape index (κ1) is 17.4. The molecule has 1 amide bonds. The van der Waals surface area contributed by atoms with Crippen molar-refractivity contribution in [2.75, 3.05) is 25.6 Å². The molecular weight excluding hydrogens is 364 g/mol. The van der Waals surface area contributed by atoms with Crippen LogP contribution in [0.25, 0.3) is 10.6 Å². The SMILES string of the molecule is COc1ccc(-c2nc(CC(=O)Nc3ccc4c(c3)OCCO4)cs2)cc1. The van der Waals surface area contributed by atoms with Gasteiger partial charge in [-0.15, -0.1) is 11.3 Å².